The topological polar surface area (TPSA) is 55.6 Å². The fraction of sp³-hybridized carbons (Fsp3) is 0.136. The van der Waals surface area contributed by atoms with E-state index in [2.05, 4.69) is 20.4 Å². The van der Waals surface area contributed by atoms with Gasteiger partial charge < -0.3 is 5.32 Å². The van der Waals surface area contributed by atoms with E-state index in [9.17, 15) is 13.2 Å². The van der Waals surface area contributed by atoms with E-state index in [1.807, 2.05) is 12.1 Å². The Bertz CT molecular complexity index is 1190. The molecule has 0 aliphatic carbocycles. The van der Waals surface area contributed by atoms with Gasteiger partial charge in [-0.25, -0.2) is 9.97 Å². The molecule has 0 aliphatic heterocycles. The van der Waals surface area contributed by atoms with Crippen LogP contribution in [0, 0.1) is 0 Å². The van der Waals surface area contributed by atoms with Crippen LogP contribution in [0.5, 0.6) is 0 Å². The maximum Gasteiger partial charge on any atom is 0.416 e. The summed E-state index contributed by atoms with van der Waals surface area (Å²) in [6.45, 7) is 0.332. The maximum atomic E-state index is 12.8. The molecule has 0 radical (unpaired) electrons. The van der Waals surface area contributed by atoms with Crippen molar-refractivity contribution >= 4 is 17.4 Å². The number of halogens is 4. The minimum Gasteiger partial charge on any atom is -0.373 e. The first kappa shape index (κ1) is 20.9. The van der Waals surface area contributed by atoms with Gasteiger partial charge in [0.15, 0.2) is 0 Å². The van der Waals surface area contributed by atoms with Crippen LogP contribution in [0.15, 0.2) is 67.3 Å². The third-order valence-electron chi connectivity index (χ3n) is 4.75. The molecule has 0 spiro atoms. The molecule has 9 heteroatoms. The monoisotopic (exact) mass is 443 g/mol. The normalized spacial score (nSPS) is 11.5. The number of nitrogens with one attached hydrogen (secondary N) is 1. The number of anilines is 1. The van der Waals surface area contributed by atoms with Crippen molar-refractivity contribution in [3.8, 4) is 22.4 Å². The van der Waals surface area contributed by atoms with Gasteiger partial charge in [0.2, 0.25) is 0 Å². The molecule has 2 aromatic heterocycles. The Kier molecular flexibility index (Phi) is 5.65. The number of hydrogen-bond donors (Lipinski definition) is 1. The molecule has 4 rings (SSSR count). The molecule has 5 nitrogen and oxygen atoms in total. The Hall–Kier alpha value is -3.39. The molecule has 0 saturated carbocycles. The quantitative estimate of drug-likeness (QED) is 0.425. The molecular weight excluding hydrogens is 427 g/mol. The predicted octanol–water partition coefficient (Wildman–Crippen LogP) is 5.77. The lowest BCUT2D eigenvalue weighted by Crippen LogP contribution is -2.05. The average Bonchev–Trinajstić information content (AvgIpc) is 3.22. The molecule has 2 heterocycles. The van der Waals surface area contributed by atoms with Gasteiger partial charge in [-0.05, 0) is 35.4 Å². The van der Waals surface area contributed by atoms with Crippen LogP contribution in [0.25, 0.3) is 22.4 Å². The van der Waals surface area contributed by atoms with Gasteiger partial charge >= 0.3 is 6.18 Å². The summed E-state index contributed by atoms with van der Waals surface area (Å²) in [7, 11) is 1.78. The molecule has 0 amide bonds. The van der Waals surface area contributed by atoms with Gasteiger partial charge in [-0.15, -0.1) is 0 Å². The molecule has 2 aromatic carbocycles. The number of aromatic nitrogens is 4. The summed E-state index contributed by atoms with van der Waals surface area (Å²) in [5.41, 5.74) is 3.16. The molecule has 1 N–H and O–H groups in total. The van der Waals surface area contributed by atoms with E-state index in [0.717, 1.165) is 28.8 Å². The first-order chi connectivity index (χ1) is 14.8. The molecule has 0 atom stereocenters. The van der Waals surface area contributed by atoms with Crippen LogP contribution >= 0.6 is 11.6 Å². The van der Waals surface area contributed by atoms with Crippen molar-refractivity contribution in [1.82, 2.24) is 19.7 Å². The second-order valence-electron chi connectivity index (χ2n) is 6.82. The largest absolute Gasteiger partial charge is 0.416 e. The summed E-state index contributed by atoms with van der Waals surface area (Å²) < 4.78 is 39.9. The first-order valence-electron chi connectivity index (χ1n) is 9.33. The van der Waals surface area contributed by atoms with Crippen LogP contribution in [0.3, 0.4) is 0 Å². The standard InChI is InChI=1S/C22H17ClF3N5/c1-27-21-19(15-4-8-18(23)9-5-15)20(28-13-29-21)16-10-30-31(12-16)11-14-2-6-17(7-3-14)22(24,25)26/h2-10,12-13H,11H2,1H3,(H,27,28,29). The van der Waals surface area contributed by atoms with Crippen LogP contribution in [0.2, 0.25) is 5.02 Å². The Balaban J connectivity index is 1.66. The summed E-state index contributed by atoms with van der Waals surface area (Å²) >= 11 is 6.02. The molecule has 4 aromatic rings. The fourth-order valence-corrected chi connectivity index (χ4v) is 3.37. The lowest BCUT2D eigenvalue weighted by atomic mass is 10.0. The van der Waals surface area contributed by atoms with Gasteiger partial charge in [-0.2, -0.15) is 18.3 Å². The zero-order valence-corrected chi connectivity index (χ0v) is 17.1. The van der Waals surface area contributed by atoms with E-state index in [1.54, 1.807) is 36.3 Å². The molecule has 0 unspecified atom stereocenters. The highest BCUT2D eigenvalue weighted by Crippen LogP contribution is 2.35. The van der Waals surface area contributed by atoms with E-state index in [-0.39, 0.29) is 0 Å². The van der Waals surface area contributed by atoms with Crippen LogP contribution in [-0.2, 0) is 12.7 Å². The minimum atomic E-state index is -4.35. The van der Waals surface area contributed by atoms with Gasteiger partial charge in [0.25, 0.3) is 0 Å². The minimum absolute atomic E-state index is 0.332. The smallest absolute Gasteiger partial charge is 0.373 e. The van der Waals surface area contributed by atoms with Crippen LogP contribution in [-0.4, -0.2) is 26.8 Å². The summed E-state index contributed by atoms with van der Waals surface area (Å²) in [5.74, 6) is 0.655. The Morgan fingerprint density at radius 3 is 2.32 bits per heavy atom. The molecule has 0 aliphatic rings. The third-order valence-corrected chi connectivity index (χ3v) is 5.00. The number of alkyl halides is 3. The average molecular weight is 444 g/mol. The second kappa shape index (κ2) is 8.39. The van der Waals surface area contributed by atoms with Crippen molar-refractivity contribution in [3.63, 3.8) is 0 Å². The number of nitrogens with zero attached hydrogens (tertiary/aromatic N) is 4. The van der Waals surface area contributed by atoms with Gasteiger partial charge in [0.05, 0.1) is 29.6 Å². The lowest BCUT2D eigenvalue weighted by Gasteiger charge is -2.12. The third kappa shape index (κ3) is 4.54. The summed E-state index contributed by atoms with van der Waals surface area (Å²) in [4.78, 5) is 8.76. The zero-order chi connectivity index (χ0) is 22.0. The van der Waals surface area contributed by atoms with Crippen molar-refractivity contribution in [2.24, 2.45) is 0 Å². The van der Waals surface area contributed by atoms with E-state index in [0.29, 0.717) is 28.6 Å². The molecule has 0 bridgehead atoms. The van der Waals surface area contributed by atoms with Crippen molar-refractivity contribution < 1.29 is 13.2 Å². The first-order valence-corrected chi connectivity index (χ1v) is 9.70. The molecule has 0 saturated heterocycles. The SMILES string of the molecule is CNc1ncnc(-c2cnn(Cc3ccc(C(F)(F)F)cc3)c2)c1-c1ccc(Cl)cc1. The fourth-order valence-electron chi connectivity index (χ4n) is 3.24. The van der Waals surface area contributed by atoms with Crippen LogP contribution in [0.1, 0.15) is 11.1 Å². The van der Waals surface area contributed by atoms with Gasteiger partial charge in [-0.3, -0.25) is 4.68 Å². The maximum absolute atomic E-state index is 12.8. The Morgan fingerprint density at radius 2 is 1.68 bits per heavy atom. The second-order valence-corrected chi connectivity index (χ2v) is 7.26. The van der Waals surface area contributed by atoms with Crippen molar-refractivity contribution in [1.29, 1.82) is 0 Å². The molecule has 0 fully saturated rings. The Morgan fingerprint density at radius 1 is 0.968 bits per heavy atom. The summed E-state index contributed by atoms with van der Waals surface area (Å²) in [6, 6.07) is 12.4. The highest BCUT2D eigenvalue weighted by atomic mass is 35.5. The van der Waals surface area contributed by atoms with E-state index in [1.165, 1.54) is 18.5 Å². The molecule has 31 heavy (non-hydrogen) atoms. The van der Waals surface area contributed by atoms with E-state index >= 15 is 0 Å². The highest BCUT2D eigenvalue weighted by molar-refractivity contribution is 6.30. The number of hydrogen-bond acceptors (Lipinski definition) is 4. The Labute approximate surface area is 181 Å². The highest BCUT2D eigenvalue weighted by Gasteiger charge is 2.29. The molecular formula is C22H17ClF3N5. The van der Waals surface area contributed by atoms with E-state index in [4.69, 9.17) is 11.6 Å². The van der Waals surface area contributed by atoms with Gasteiger partial charge in [0.1, 0.15) is 12.1 Å². The van der Waals surface area contributed by atoms with Gasteiger partial charge in [0, 0.05) is 23.8 Å². The van der Waals surface area contributed by atoms with Crippen molar-refractivity contribution in [2.75, 3.05) is 12.4 Å². The summed E-state index contributed by atoms with van der Waals surface area (Å²) in [5, 5.41) is 8.06. The van der Waals surface area contributed by atoms with Crippen LogP contribution < -0.4 is 5.32 Å². The van der Waals surface area contributed by atoms with Crippen molar-refractivity contribution in [2.45, 2.75) is 12.7 Å². The number of benzene rings is 2. The number of rotatable bonds is 5. The molecule has 158 valence electrons. The lowest BCUT2D eigenvalue weighted by molar-refractivity contribution is -0.137. The van der Waals surface area contributed by atoms with Gasteiger partial charge in [-0.1, -0.05) is 35.9 Å². The van der Waals surface area contributed by atoms with Crippen molar-refractivity contribution in [3.05, 3.63) is 83.4 Å². The summed E-state index contributed by atoms with van der Waals surface area (Å²) in [6.07, 6.45) is 0.589. The zero-order valence-electron chi connectivity index (χ0n) is 16.4. The van der Waals surface area contributed by atoms with Crippen LogP contribution in [0.4, 0.5) is 19.0 Å². The predicted molar refractivity (Wildman–Crippen MR) is 114 cm³/mol. The van der Waals surface area contributed by atoms with E-state index < -0.39 is 11.7 Å².